The summed E-state index contributed by atoms with van der Waals surface area (Å²) < 4.78 is 5.53. The molecule has 1 saturated heterocycles. The van der Waals surface area contributed by atoms with E-state index in [1.54, 1.807) is 4.81 Å². The normalized spacial score (nSPS) is 24.5. The number of hydrogen-bond donors (Lipinski definition) is 0. The van der Waals surface area contributed by atoms with Crippen LogP contribution in [0, 0.1) is 12.3 Å². The second kappa shape index (κ2) is 5.28. The highest BCUT2D eigenvalue weighted by atomic mass is 16.5. The first-order chi connectivity index (χ1) is 6.22. The van der Waals surface area contributed by atoms with Crippen LogP contribution in [0.1, 0.15) is 0 Å². The lowest BCUT2D eigenvalue weighted by molar-refractivity contribution is -0.0289. The van der Waals surface area contributed by atoms with Gasteiger partial charge in [-0.3, -0.25) is 4.90 Å². The molecule has 1 unspecified atom stereocenters. The number of nitrogens with zero attached hydrogens (tertiary/aromatic N) is 2. The van der Waals surface area contributed by atoms with Crippen LogP contribution < -0.4 is 0 Å². The summed E-state index contributed by atoms with van der Waals surface area (Å²) in [5.74, 6) is 2.64. The van der Waals surface area contributed by atoms with Gasteiger partial charge in [0.1, 0.15) is 0 Å². The third-order valence-electron chi connectivity index (χ3n) is 2.03. The molecule has 0 N–H and O–H groups in total. The van der Waals surface area contributed by atoms with Crippen molar-refractivity contribution in [1.29, 1.82) is 0 Å². The summed E-state index contributed by atoms with van der Waals surface area (Å²) in [5, 5.41) is 0. The van der Waals surface area contributed by atoms with Crippen molar-refractivity contribution < 1.29 is 4.74 Å². The molecule has 2 radical (unpaired) electrons. The van der Waals surface area contributed by atoms with Gasteiger partial charge >= 0.3 is 0 Å². The molecule has 4 heteroatoms. The molecule has 13 heavy (non-hydrogen) atoms. The molecule has 0 saturated carbocycles. The van der Waals surface area contributed by atoms with E-state index < -0.39 is 0 Å². The Kier molecular flexibility index (Phi) is 4.30. The minimum atomic E-state index is 0.192. The molecule has 0 spiro atoms. The number of terminal acetylenes is 1. The molecule has 1 rings (SSSR count). The van der Waals surface area contributed by atoms with Gasteiger partial charge in [0.15, 0.2) is 7.98 Å². The van der Waals surface area contributed by atoms with Crippen LogP contribution in [-0.4, -0.2) is 63.6 Å². The maximum Gasteiger partial charge on any atom is 0.182 e. The maximum absolute atomic E-state index is 5.54. The van der Waals surface area contributed by atoms with Crippen molar-refractivity contribution in [1.82, 2.24) is 9.71 Å². The quantitative estimate of drug-likeness (QED) is 0.421. The van der Waals surface area contributed by atoms with Crippen molar-refractivity contribution in [2.24, 2.45) is 0 Å². The van der Waals surface area contributed by atoms with E-state index in [-0.39, 0.29) is 6.10 Å². The molecule has 0 aliphatic carbocycles. The Balaban J connectivity index is 2.29. The molecule has 1 fully saturated rings. The van der Waals surface area contributed by atoms with Gasteiger partial charge in [0.2, 0.25) is 0 Å². The number of likely N-dealkylation sites (N-methyl/N-ethyl adjacent to an activating group) is 1. The molecule has 0 amide bonds. The number of ether oxygens (including phenoxy) is 1. The van der Waals surface area contributed by atoms with E-state index in [9.17, 15) is 0 Å². The average Bonchev–Trinajstić information content (AvgIpc) is 2.04. The molecule has 1 atom stereocenters. The minimum absolute atomic E-state index is 0.192. The molecule has 3 nitrogen and oxygen atoms in total. The van der Waals surface area contributed by atoms with Crippen LogP contribution in [0.3, 0.4) is 0 Å². The molecule has 0 bridgehead atoms. The summed E-state index contributed by atoms with van der Waals surface area (Å²) in [6.45, 7) is 4.01. The van der Waals surface area contributed by atoms with Crippen LogP contribution in [0.4, 0.5) is 0 Å². The first-order valence-corrected chi connectivity index (χ1v) is 4.45. The predicted octanol–water partition coefficient (Wildman–Crippen LogP) is -0.664. The Morgan fingerprint density at radius 1 is 1.77 bits per heavy atom. The van der Waals surface area contributed by atoms with Crippen LogP contribution in [-0.2, 0) is 4.74 Å². The minimum Gasteiger partial charge on any atom is -0.374 e. The number of rotatable bonds is 3. The molecular formula is C9H15BN2O. The summed E-state index contributed by atoms with van der Waals surface area (Å²) in [6, 6.07) is 0. The maximum atomic E-state index is 5.54. The topological polar surface area (TPSA) is 15.7 Å². The largest absolute Gasteiger partial charge is 0.374 e. The third-order valence-corrected chi connectivity index (χ3v) is 2.03. The van der Waals surface area contributed by atoms with E-state index in [0.717, 1.165) is 26.2 Å². The highest BCUT2D eigenvalue weighted by Gasteiger charge is 2.19. The highest BCUT2D eigenvalue weighted by Crippen LogP contribution is 2.04. The van der Waals surface area contributed by atoms with Gasteiger partial charge in [-0.25, -0.2) is 0 Å². The van der Waals surface area contributed by atoms with Crippen LogP contribution in [0.15, 0.2) is 0 Å². The molecule has 1 aliphatic rings. The van der Waals surface area contributed by atoms with Crippen molar-refractivity contribution >= 4 is 7.98 Å². The summed E-state index contributed by atoms with van der Waals surface area (Å²) in [7, 11) is 7.37. The summed E-state index contributed by atoms with van der Waals surface area (Å²) in [6.07, 6.45) is 5.43. The van der Waals surface area contributed by atoms with E-state index in [1.807, 2.05) is 7.05 Å². The lowest BCUT2D eigenvalue weighted by Gasteiger charge is -2.33. The van der Waals surface area contributed by atoms with E-state index in [1.165, 1.54) is 0 Å². The first kappa shape index (κ1) is 10.6. The van der Waals surface area contributed by atoms with Crippen LogP contribution in [0.25, 0.3) is 0 Å². The van der Waals surface area contributed by atoms with Crippen molar-refractivity contribution in [2.75, 3.05) is 39.8 Å². The molecule has 1 aliphatic heterocycles. The first-order valence-electron chi connectivity index (χ1n) is 4.45. The Hall–Kier alpha value is -0.495. The molecule has 70 valence electrons. The Labute approximate surface area is 81.5 Å². The van der Waals surface area contributed by atoms with Crippen molar-refractivity contribution in [3.8, 4) is 12.3 Å². The van der Waals surface area contributed by atoms with Crippen LogP contribution >= 0.6 is 0 Å². The number of hydrogen-bond acceptors (Lipinski definition) is 3. The molecule has 0 aromatic heterocycles. The lowest BCUT2D eigenvalue weighted by Crippen LogP contribution is -2.46. The predicted molar refractivity (Wildman–Crippen MR) is 53.4 cm³/mol. The molecule has 0 aromatic carbocycles. The van der Waals surface area contributed by atoms with E-state index in [4.69, 9.17) is 19.1 Å². The van der Waals surface area contributed by atoms with Crippen LogP contribution in [0.2, 0.25) is 0 Å². The van der Waals surface area contributed by atoms with Gasteiger partial charge in [0.25, 0.3) is 0 Å². The monoisotopic (exact) mass is 178 g/mol. The van der Waals surface area contributed by atoms with Crippen LogP contribution in [0.5, 0.6) is 0 Å². The summed E-state index contributed by atoms with van der Waals surface area (Å²) in [5.41, 5.74) is 0. The number of morpholine rings is 1. The SMILES string of the molecule is [B]N(C)CC1CN(CC#C)CCO1. The lowest BCUT2D eigenvalue weighted by atomic mass is 10.2. The van der Waals surface area contributed by atoms with E-state index in [0.29, 0.717) is 6.54 Å². The second-order valence-corrected chi connectivity index (χ2v) is 3.37. The Morgan fingerprint density at radius 3 is 3.15 bits per heavy atom. The van der Waals surface area contributed by atoms with Gasteiger partial charge < -0.3 is 9.55 Å². The van der Waals surface area contributed by atoms with Gasteiger partial charge in [-0.1, -0.05) is 5.92 Å². The molecule has 1 heterocycles. The van der Waals surface area contributed by atoms with Crippen molar-refractivity contribution in [3.63, 3.8) is 0 Å². The van der Waals surface area contributed by atoms with Gasteiger partial charge in [0, 0.05) is 19.6 Å². The smallest absolute Gasteiger partial charge is 0.182 e. The third kappa shape index (κ3) is 3.82. The zero-order valence-electron chi connectivity index (χ0n) is 8.07. The Morgan fingerprint density at radius 2 is 2.54 bits per heavy atom. The molecular weight excluding hydrogens is 163 g/mol. The summed E-state index contributed by atoms with van der Waals surface area (Å²) in [4.78, 5) is 3.85. The van der Waals surface area contributed by atoms with E-state index in [2.05, 4.69) is 10.8 Å². The standard InChI is InChI=1S/C9H15BN2O/c1-3-4-12-5-6-13-9(8-12)7-11(2)10/h1,9H,4-8H2,2H3. The zero-order valence-corrected chi connectivity index (χ0v) is 8.07. The fourth-order valence-electron chi connectivity index (χ4n) is 1.48. The van der Waals surface area contributed by atoms with Gasteiger partial charge in [-0.2, -0.15) is 0 Å². The van der Waals surface area contributed by atoms with Gasteiger partial charge in [0.05, 0.1) is 19.3 Å². The fraction of sp³-hybridized carbons (Fsp3) is 0.778. The zero-order chi connectivity index (χ0) is 9.68. The second-order valence-electron chi connectivity index (χ2n) is 3.37. The van der Waals surface area contributed by atoms with Crippen molar-refractivity contribution in [3.05, 3.63) is 0 Å². The van der Waals surface area contributed by atoms with Crippen molar-refractivity contribution in [2.45, 2.75) is 6.10 Å². The average molecular weight is 178 g/mol. The fourth-order valence-corrected chi connectivity index (χ4v) is 1.48. The van der Waals surface area contributed by atoms with Gasteiger partial charge in [-0.05, 0) is 7.05 Å². The van der Waals surface area contributed by atoms with E-state index >= 15 is 0 Å². The highest BCUT2D eigenvalue weighted by molar-refractivity contribution is 6.04. The van der Waals surface area contributed by atoms with Gasteiger partial charge in [-0.15, -0.1) is 6.42 Å². The molecule has 0 aromatic rings. The Bertz CT molecular complexity index is 191. The summed E-state index contributed by atoms with van der Waals surface area (Å²) >= 11 is 0.